The fourth-order valence-electron chi connectivity index (χ4n) is 1.56. The molecule has 0 spiro atoms. The molecule has 1 aliphatic rings. The van der Waals surface area contributed by atoms with Gasteiger partial charge in [-0.15, -0.1) is 0 Å². The monoisotopic (exact) mass is 217 g/mol. The highest BCUT2D eigenvalue weighted by molar-refractivity contribution is 5.28. The van der Waals surface area contributed by atoms with E-state index in [4.69, 9.17) is 4.84 Å². The van der Waals surface area contributed by atoms with Crippen molar-refractivity contribution in [1.82, 2.24) is 5.48 Å². The zero-order chi connectivity index (χ0) is 10.9. The molecule has 2 rings (SSSR count). The molecule has 1 N–H and O–H groups in total. The number of alkyl halides is 3. The summed E-state index contributed by atoms with van der Waals surface area (Å²) >= 11 is 0. The van der Waals surface area contributed by atoms with Crippen LogP contribution in [0.5, 0.6) is 0 Å². The lowest BCUT2D eigenvalue weighted by atomic mass is 10.0. The summed E-state index contributed by atoms with van der Waals surface area (Å²) in [7, 11) is 0. The Hall–Kier alpha value is -1.07. The average Bonchev–Trinajstić information content (AvgIpc) is 2.69. The molecule has 82 valence electrons. The Balaban J connectivity index is 2.26. The molecule has 0 aromatic heterocycles. The van der Waals surface area contributed by atoms with Gasteiger partial charge in [-0.1, -0.05) is 12.1 Å². The summed E-state index contributed by atoms with van der Waals surface area (Å²) < 4.78 is 37.2. The van der Waals surface area contributed by atoms with E-state index in [9.17, 15) is 13.2 Å². The van der Waals surface area contributed by atoms with Crippen LogP contribution in [0.1, 0.15) is 23.6 Å². The van der Waals surface area contributed by atoms with Crippen LogP contribution >= 0.6 is 0 Å². The van der Waals surface area contributed by atoms with Gasteiger partial charge in [-0.05, 0) is 24.1 Å². The zero-order valence-corrected chi connectivity index (χ0v) is 7.84. The molecule has 1 aliphatic heterocycles. The lowest BCUT2D eigenvalue weighted by molar-refractivity contribution is -0.137. The Morgan fingerprint density at radius 2 is 2.13 bits per heavy atom. The van der Waals surface area contributed by atoms with E-state index < -0.39 is 11.7 Å². The first-order valence-corrected chi connectivity index (χ1v) is 4.62. The molecule has 1 saturated heterocycles. The molecular formula is C10H10F3NO. The highest BCUT2D eigenvalue weighted by Crippen LogP contribution is 2.31. The first kappa shape index (κ1) is 10.4. The van der Waals surface area contributed by atoms with Gasteiger partial charge < -0.3 is 4.84 Å². The van der Waals surface area contributed by atoms with Crippen LogP contribution in [0.15, 0.2) is 24.3 Å². The van der Waals surface area contributed by atoms with Crippen molar-refractivity contribution in [3.8, 4) is 0 Å². The summed E-state index contributed by atoms with van der Waals surface area (Å²) in [5.74, 6) is 0. The number of hydrogen-bond acceptors (Lipinski definition) is 2. The van der Waals surface area contributed by atoms with Gasteiger partial charge in [0.25, 0.3) is 0 Å². The van der Waals surface area contributed by atoms with Crippen molar-refractivity contribution < 1.29 is 18.0 Å². The minimum absolute atomic E-state index is 0.132. The zero-order valence-electron chi connectivity index (χ0n) is 7.84. The fraction of sp³-hybridized carbons (Fsp3) is 0.400. The number of rotatable bonds is 1. The van der Waals surface area contributed by atoms with Crippen LogP contribution in [-0.4, -0.2) is 6.61 Å². The predicted octanol–water partition coefficient (Wildman–Crippen LogP) is 2.67. The Labute approximate surface area is 85.0 Å². The second-order valence-corrected chi connectivity index (χ2v) is 3.43. The van der Waals surface area contributed by atoms with Crippen LogP contribution in [0, 0.1) is 0 Å². The first-order valence-electron chi connectivity index (χ1n) is 4.62. The van der Waals surface area contributed by atoms with Gasteiger partial charge in [-0.3, -0.25) is 0 Å². The normalized spacial score (nSPS) is 21.9. The summed E-state index contributed by atoms with van der Waals surface area (Å²) in [6.45, 7) is 0.529. The molecule has 0 aliphatic carbocycles. The molecule has 5 heteroatoms. The van der Waals surface area contributed by atoms with Crippen molar-refractivity contribution in [2.24, 2.45) is 0 Å². The lowest BCUT2D eigenvalue weighted by Gasteiger charge is -2.12. The minimum atomic E-state index is -4.28. The second-order valence-electron chi connectivity index (χ2n) is 3.43. The molecule has 1 aromatic carbocycles. The topological polar surface area (TPSA) is 21.3 Å². The van der Waals surface area contributed by atoms with Crippen molar-refractivity contribution >= 4 is 0 Å². The van der Waals surface area contributed by atoms with Gasteiger partial charge in [0.1, 0.15) is 0 Å². The Morgan fingerprint density at radius 3 is 2.73 bits per heavy atom. The third kappa shape index (κ3) is 2.30. The Kier molecular flexibility index (Phi) is 2.67. The smallest absolute Gasteiger partial charge is 0.301 e. The van der Waals surface area contributed by atoms with E-state index in [1.54, 1.807) is 6.07 Å². The van der Waals surface area contributed by atoms with Gasteiger partial charge >= 0.3 is 6.18 Å². The SMILES string of the molecule is FC(F)(F)c1cccc([C@H]2CCON2)c1. The van der Waals surface area contributed by atoms with Crippen LogP contribution in [0.25, 0.3) is 0 Å². The molecule has 1 fully saturated rings. The van der Waals surface area contributed by atoms with E-state index in [1.807, 2.05) is 0 Å². The molecule has 15 heavy (non-hydrogen) atoms. The van der Waals surface area contributed by atoms with Gasteiger partial charge in [0, 0.05) is 0 Å². The molecule has 1 aromatic rings. The van der Waals surface area contributed by atoms with Crippen LogP contribution in [0.3, 0.4) is 0 Å². The van der Waals surface area contributed by atoms with Gasteiger partial charge in [-0.2, -0.15) is 18.7 Å². The third-order valence-electron chi connectivity index (χ3n) is 2.35. The lowest BCUT2D eigenvalue weighted by Crippen LogP contribution is -2.13. The molecule has 0 amide bonds. The highest BCUT2D eigenvalue weighted by Gasteiger charge is 2.31. The molecule has 1 heterocycles. The molecule has 1 atom stereocenters. The summed E-state index contributed by atoms with van der Waals surface area (Å²) in [4.78, 5) is 4.91. The van der Waals surface area contributed by atoms with Crippen LogP contribution in [0.2, 0.25) is 0 Å². The van der Waals surface area contributed by atoms with E-state index in [-0.39, 0.29) is 6.04 Å². The van der Waals surface area contributed by atoms with E-state index in [1.165, 1.54) is 6.07 Å². The van der Waals surface area contributed by atoms with Gasteiger partial charge in [-0.25, -0.2) is 0 Å². The molecule has 0 radical (unpaired) electrons. The molecular weight excluding hydrogens is 207 g/mol. The molecule has 2 nitrogen and oxygen atoms in total. The van der Waals surface area contributed by atoms with Crippen molar-refractivity contribution in [3.05, 3.63) is 35.4 Å². The number of halogens is 3. The highest BCUT2D eigenvalue weighted by atomic mass is 19.4. The second kappa shape index (κ2) is 3.83. The van der Waals surface area contributed by atoms with Crippen LogP contribution < -0.4 is 5.48 Å². The molecule has 0 unspecified atom stereocenters. The van der Waals surface area contributed by atoms with Gasteiger partial charge in [0.05, 0.1) is 18.2 Å². The Morgan fingerprint density at radius 1 is 1.33 bits per heavy atom. The van der Waals surface area contributed by atoms with E-state index in [0.29, 0.717) is 18.6 Å². The minimum Gasteiger partial charge on any atom is -0.301 e. The fourth-order valence-corrected chi connectivity index (χ4v) is 1.56. The maximum atomic E-state index is 12.4. The number of nitrogens with one attached hydrogen (secondary N) is 1. The number of hydroxylamine groups is 1. The number of benzene rings is 1. The van der Waals surface area contributed by atoms with E-state index >= 15 is 0 Å². The third-order valence-corrected chi connectivity index (χ3v) is 2.35. The standard InChI is InChI=1S/C10H10F3NO/c11-10(12,13)8-3-1-2-7(6-8)9-4-5-15-14-9/h1-3,6,9,14H,4-5H2/t9-/m1/s1. The summed E-state index contributed by atoms with van der Waals surface area (Å²) in [5.41, 5.74) is 2.68. The summed E-state index contributed by atoms with van der Waals surface area (Å²) in [5, 5.41) is 0. The van der Waals surface area contributed by atoms with E-state index in [2.05, 4.69) is 5.48 Å². The van der Waals surface area contributed by atoms with E-state index in [0.717, 1.165) is 12.1 Å². The predicted molar refractivity (Wildman–Crippen MR) is 47.9 cm³/mol. The van der Waals surface area contributed by atoms with Crippen molar-refractivity contribution in [1.29, 1.82) is 0 Å². The molecule has 0 bridgehead atoms. The van der Waals surface area contributed by atoms with Crippen LogP contribution in [0.4, 0.5) is 13.2 Å². The van der Waals surface area contributed by atoms with Gasteiger partial charge in [0.2, 0.25) is 0 Å². The number of hydrogen-bond donors (Lipinski definition) is 1. The maximum Gasteiger partial charge on any atom is 0.416 e. The largest absolute Gasteiger partial charge is 0.416 e. The van der Waals surface area contributed by atoms with Crippen LogP contribution in [-0.2, 0) is 11.0 Å². The van der Waals surface area contributed by atoms with Crippen molar-refractivity contribution in [2.45, 2.75) is 18.6 Å². The molecule has 0 saturated carbocycles. The maximum absolute atomic E-state index is 12.4. The quantitative estimate of drug-likeness (QED) is 0.780. The summed E-state index contributed by atoms with van der Waals surface area (Å²) in [6.07, 6.45) is -3.59. The van der Waals surface area contributed by atoms with Gasteiger partial charge in [0.15, 0.2) is 0 Å². The Bertz CT molecular complexity index is 345. The first-order chi connectivity index (χ1) is 7.07. The van der Waals surface area contributed by atoms with Crippen molar-refractivity contribution in [2.75, 3.05) is 6.61 Å². The summed E-state index contributed by atoms with van der Waals surface area (Å²) in [6, 6.07) is 5.18. The van der Waals surface area contributed by atoms with Crippen molar-refractivity contribution in [3.63, 3.8) is 0 Å². The average molecular weight is 217 g/mol.